The van der Waals surface area contributed by atoms with E-state index in [0.29, 0.717) is 24.3 Å². The van der Waals surface area contributed by atoms with Crippen LogP contribution in [-0.4, -0.2) is 56.6 Å². The Labute approximate surface area is 200 Å². The fourth-order valence-electron chi connectivity index (χ4n) is 4.08. The summed E-state index contributed by atoms with van der Waals surface area (Å²) in [6, 6.07) is 22.8. The summed E-state index contributed by atoms with van der Waals surface area (Å²) < 4.78 is 40.0. The molecule has 3 aromatic rings. The first kappa shape index (κ1) is 23.9. The van der Waals surface area contributed by atoms with E-state index in [9.17, 15) is 17.6 Å². The summed E-state index contributed by atoms with van der Waals surface area (Å²) in [5.41, 5.74) is 2.42. The smallest absolute Gasteiger partial charge is 0.253 e. The number of sulfonamides is 1. The van der Waals surface area contributed by atoms with Gasteiger partial charge in [0.15, 0.2) is 0 Å². The van der Waals surface area contributed by atoms with Crippen LogP contribution in [0.15, 0.2) is 78.9 Å². The largest absolute Gasteiger partial charge is 0.336 e. The molecular weight excluding hydrogens is 453 g/mol. The standard InChI is InChI=1S/C26H28FN3O3S/c1-34(32,33)30(20-23-9-5-6-10-25(23)27)24-13-11-22(12-14-24)26(31)29-17-15-28(16-18-29)19-21-7-3-2-4-8-21/h2-14H,15-20H2,1H3. The van der Waals surface area contributed by atoms with Crippen molar-refractivity contribution < 1.29 is 17.6 Å². The molecule has 1 fully saturated rings. The van der Waals surface area contributed by atoms with Crippen LogP contribution in [0.5, 0.6) is 0 Å². The molecule has 0 spiro atoms. The summed E-state index contributed by atoms with van der Waals surface area (Å²) in [5.74, 6) is -0.541. The van der Waals surface area contributed by atoms with Crippen molar-refractivity contribution in [1.29, 1.82) is 0 Å². The van der Waals surface area contributed by atoms with Crippen LogP contribution in [0.4, 0.5) is 10.1 Å². The Morgan fingerprint density at radius 1 is 0.882 bits per heavy atom. The number of benzene rings is 3. The van der Waals surface area contributed by atoms with Gasteiger partial charge in [0.05, 0.1) is 18.5 Å². The highest BCUT2D eigenvalue weighted by Crippen LogP contribution is 2.23. The fourth-order valence-corrected chi connectivity index (χ4v) is 4.96. The molecule has 1 saturated heterocycles. The lowest BCUT2D eigenvalue weighted by molar-refractivity contribution is 0.0628. The molecule has 8 heteroatoms. The second-order valence-electron chi connectivity index (χ2n) is 8.46. The number of anilines is 1. The molecule has 0 unspecified atom stereocenters. The number of hydrogen-bond acceptors (Lipinski definition) is 4. The minimum Gasteiger partial charge on any atom is -0.336 e. The molecule has 1 heterocycles. The molecule has 0 atom stereocenters. The molecule has 6 nitrogen and oxygen atoms in total. The van der Waals surface area contributed by atoms with Gasteiger partial charge in [0.1, 0.15) is 5.82 Å². The molecule has 0 N–H and O–H groups in total. The average molecular weight is 482 g/mol. The minimum atomic E-state index is -3.65. The Bertz CT molecular complexity index is 1230. The van der Waals surface area contributed by atoms with Crippen LogP contribution in [0, 0.1) is 5.82 Å². The zero-order chi connectivity index (χ0) is 24.1. The summed E-state index contributed by atoms with van der Waals surface area (Å²) in [6.45, 7) is 3.60. The molecular formula is C26H28FN3O3S. The lowest BCUT2D eigenvalue weighted by Gasteiger charge is -2.35. The molecule has 0 radical (unpaired) electrons. The fraction of sp³-hybridized carbons (Fsp3) is 0.269. The zero-order valence-corrected chi connectivity index (χ0v) is 19.9. The number of piperazine rings is 1. The number of hydrogen-bond donors (Lipinski definition) is 0. The van der Waals surface area contributed by atoms with Gasteiger partial charge in [-0.1, -0.05) is 48.5 Å². The SMILES string of the molecule is CS(=O)(=O)N(Cc1ccccc1F)c1ccc(C(=O)N2CCN(Cc3ccccc3)CC2)cc1. The lowest BCUT2D eigenvalue weighted by Crippen LogP contribution is -2.48. The third-order valence-electron chi connectivity index (χ3n) is 5.98. The van der Waals surface area contributed by atoms with E-state index in [1.807, 2.05) is 23.1 Å². The van der Waals surface area contributed by atoms with Crippen LogP contribution in [-0.2, 0) is 23.1 Å². The van der Waals surface area contributed by atoms with E-state index >= 15 is 0 Å². The molecule has 1 aliphatic rings. The summed E-state index contributed by atoms with van der Waals surface area (Å²) in [6.07, 6.45) is 1.09. The van der Waals surface area contributed by atoms with Gasteiger partial charge in [0.25, 0.3) is 5.91 Å². The number of carbonyl (C=O) groups excluding carboxylic acids is 1. The van der Waals surface area contributed by atoms with E-state index in [-0.39, 0.29) is 18.0 Å². The van der Waals surface area contributed by atoms with Gasteiger partial charge in [-0.15, -0.1) is 0 Å². The number of nitrogens with zero attached hydrogens (tertiary/aromatic N) is 3. The van der Waals surface area contributed by atoms with E-state index in [1.54, 1.807) is 42.5 Å². The second-order valence-corrected chi connectivity index (χ2v) is 10.4. The van der Waals surface area contributed by atoms with Gasteiger partial charge in [-0.2, -0.15) is 0 Å². The Kier molecular flexibility index (Phi) is 7.29. The predicted molar refractivity (Wildman–Crippen MR) is 131 cm³/mol. The summed E-state index contributed by atoms with van der Waals surface area (Å²) in [4.78, 5) is 17.2. The molecule has 1 amide bonds. The molecule has 0 aliphatic carbocycles. The van der Waals surface area contributed by atoms with Gasteiger partial charge < -0.3 is 4.90 Å². The molecule has 34 heavy (non-hydrogen) atoms. The molecule has 0 saturated carbocycles. The van der Waals surface area contributed by atoms with Gasteiger partial charge in [-0.05, 0) is 35.9 Å². The van der Waals surface area contributed by atoms with Crippen molar-refractivity contribution in [2.75, 3.05) is 36.7 Å². The van der Waals surface area contributed by atoms with Crippen molar-refractivity contribution in [3.05, 3.63) is 101 Å². The van der Waals surface area contributed by atoms with Crippen LogP contribution < -0.4 is 4.31 Å². The summed E-state index contributed by atoms with van der Waals surface area (Å²) >= 11 is 0. The van der Waals surface area contributed by atoms with E-state index in [4.69, 9.17) is 0 Å². The van der Waals surface area contributed by atoms with Crippen molar-refractivity contribution in [2.24, 2.45) is 0 Å². The highest BCUT2D eigenvalue weighted by atomic mass is 32.2. The number of carbonyl (C=O) groups is 1. The van der Waals surface area contributed by atoms with Gasteiger partial charge in [-0.25, -0.2) is 12.8 Å². The van der Waals surface area contributed by atoms with Gasteiger partial charge in [-0.3, -0.25) is 14.0 Å². The van der Waals surface area contributed by atoms with Crippen LogP contribution in [0.25, 0.3) is 0 Å². The van der Waals surface area contributed by atoms with Crippen molar-refractivity contribution in [2.45, 2.75) is 13.1 Å². The first-order chi connectivity index (χ1) is 16.3. The van der Waals surface area contributed by atoms with Crippen molar-refractivity contribution in [3.8, 4) is 0 Å². The topological polar surface area (TPSA) is 60.9 Å². The van der Waals surface area contributed by atoms with Gasteiger partial charge in [0, 0.05) is 43.9 Å². The second kappa shape index (κ2) is 10.4. The normalized spacial score (nSPS) is 14.7. The maximum absolute atomic E-state index is 14.1. The molecule has 1 aliphatic heterocycles. The zero-order valence-electron chi connectivity index (χ0n) is 19.1. The molecule has 0 aromatic heterocycles. The van der Waals surface area contributed by atoms with Crippen LogP contribution in [0.2, 0.25) is 0 Å². The number of halogens is 1. The lowest BCUT2D eigenvalue weighted by atomic mass is 10.1. The Morgan fingerprint density at radius 2 is 1.50 bits per heavy atom. The third kappa shape index (κ3) is 5.81. The van der Waals surface area contributed by atoms with E-state index in [0.717, 1.165) is 30.2 Å². The molecule has 4 rings (SSSR count). The van der Waals surface area contributed by atoms with Crippen molar-refractivity contribution in [1.82, 2.24) is 9.80 Å². The average Bonchev–Trinajstić information content (AvgIpc) is 2.84. The minimum absolute atomic E-state index is 0.0779. The van der Waals surface area contributed by atoms with Crippen molar-refractivity contribution >= 4 is 21.6 Å². The Morgan fingerprint density at radius 3 is 2.12 bits per heavy atom. The van der Waals surface area contributed by atoms with Crippen LogP contribution >= 0.6 is 0 Å². The Balaban J connectivity index is 1.41. The maximum Gasteiger partial charge on any atom is 0.253 e. The predicted octanol–water partition coefficient (Wildman–Crippen LogP) is 3.75. The van der Waals surface area contributed by atoms with E-state index < -0.39 is 15.8 Å². The van der Waals surface area contributed by atoms with E-state index in [1.165, 1.54) is 11.6 Å². The van der Waals surface area contributed by atoms with Gasteiger partial charge in [0.2, 0.25) is 10.0 Å². The van der Waals surface area contributed by atoms with Gasteiger partial charge >= 0.3 is 0 Å². The molecule has 178 valence electrons. The first-order valence-electron chi connectivity index (χ1n) is 11.2. The van der Waals surface area contributed by atoms with E-state index in [2.05, 4.69) is 17.0 Å². The molecule has 3 aromatic carbocycles. The highest BCUT2D eigenvalue weighted by molar-refractivity contribution is 7.92. The first-order valence-corrected chi connectivity index (χ1v) is 13.0. The maximum atomic E-state index is 14.1. The quantitative estimate of drug-likeness (QED) is 0.516. The number of rotatable bonds is 7. The van der Waals surface area contributed by atoms with Crippen LogP contribution in [0.3, 0.4) is 0 Å². The summed E-state index contributed by atoms with van der Waals surface area (Å²) in [7, 11) is -3.65. The van der Waals surface area contributed by atoms with Crippen LogP contribution in [0.1, 0.15) is 21.5 Å². The summed E-state index contributed by atoms with van der Waals surface area (Å²) in [5, 5.41) is 0. The molecule has 0 bridgehead atoms. The van der Waals surface area contributed by atoms with Crippen molar-refractivity contribution in [3.63, 3.8) is 0 Å². The number of amides is 1. The third-order valence-corrected chi connectivity index (χ3v) is 7.12. The Hall–Kier alpha value is -3.23. The monoisotopic (exact) mass is 481 g/mol. The highest BCUT2D eigenvalue weighted by Gasteiger charge is 2.24.